The highest BCUT2D eigenvalue weighted by Crippen LogP contribution is 2.34. The quantitative estimate of drug-likeness (QED) is 0.394. The van der Waals surface area contributed by atoms with E-state index in [2.05, 4.69) is 14.6 Å². The van der Waals surface area contributed by atoms with Gasteiger partial charge in [-0.1, -0.05) is 0 Å². The molecule has 5 atom stereocenters. The maximum atomic E-state index is 10.9. The molecule has 1 amide bonds. The number of phosphoric ester groups is 1. The molecule has 0 saturated carbocycles. The van der Waals surface area contributed by atoms with Gasteiger partial charge in [-0.3, -0.25) is 9.36 Å². The summed E-state index contributed by atoms with van der Waals surface area (Å²) in [7, 11) is -4.98. The molecule has 1 unspecified atom stereocenters. The van der Waals surface area contributed by atoms with Crippen molar-refractivity contribution in [2.75, 3.05) is 6.61 Å². The number of hydrogen-bond donors (Lipinski definition) is 4. The third-order valence-corrected chi connectivity index (χ3v) is 3.20. The van der Waals surface area contributed by atoms with Crippen LogP contribution in [0.1, 0.15) is 16.8 Å². The third-order valence-electron chi connectivity index (χ3n) is 2.73. The number of primary amides is 1. The predicted molar refractivity (Wildman–Crippen MR) is 60.2 cm³/mol. The van der Waals surface area contributed by atoms with Crippen LogP contribution in [0.2, 0.25) is 0 Å². The van der Waals surface area contributed by atoms with Crippen LogP contribution in [0.5, 0.6) is 0 Å². The van der Waals surface area contributed by atoms with Gasteiger partial charge in [-0.25, -0.2) is 9.67 Å². The number of aliphatic hydroxyl groups excluding tert-OH is 2. The Balaban J connectivity index is 2.08. The average Bonchev–Trinajstić information content (AvgIpc) is 2.94. The zero-order valence-corrected chi connectivity index (χ0v) is 11.2. The monoisotopic (exact) mass is 323 g/mol. The van der Waals surface area contributed by atoms with E-state index < -0.39 is 44.9 Å². The van der Waals surface area contributed by atoms with Gasteiger partial charge in [0.05, 0.1) is 6.61 Å². The van der Waals surface area contributed by atoms with E-state index in [1.54, 1.807) is 0 Å². The summed E-state index contributed by atoms with van der Waals surface area (Å²) >= 11 is 0. The lowest BCUT2D eigenvalue weighted by Crippen LogP contribution is -2.34. The fourth-order valence-electron chi connectivity index (χ4n) is 1.76. The minimum Gasteiger partial charge on any atom is -0.756 e. The van der Waals surface area contributed by atoms with Crippen LogP contribution in [0.4, 0.5) is 0 Å². The second-order valence-electron chi connectivity index (χ2n) is 4.22. The highest BCUT2D eigenvalue weighted by molar-refractivity contribution is 7.44. The predicted octanol–water partition coefficient (Wildman–Crippen LogP) is -3.53. The Kier molecular flexibility index (Phi) is 4.39. The molecule has 118 valence electrons. The molecule has 0 radical (unpaired) electrons. The van der Waals surface area contributed by atoms with E-state index in [0.29, 0.717) is 0 Å². The van der Waals surface area contributed by atoms with Crippen LogP contribution in [0, 0.1) is 0 Å². The summed E-state index contributed by atoms with van der Waals surface area (Å²) in [6, 6.07) is 0. The Morgan fingerprint density at radius 2 is 2.24 bits per heavy atom. The molecular formula is C8H12N4O8P-. The van der Waals surface area contributed by atoms with Crippen LogP contribution in [0.15, 0.2) is 6.33 Å². The van der Waals surface area contributed by atoms with Gasteiger partial charge in [-0.05, 0) is 0 Å². The van der Waals surface area contributed by atoms with Crippen molar-refractivity contribution in [2.45, 2.75) is 24.5 Å². The van der Waals surface area contributed by atoms with Crippen molar-refractivity contribution >= 4 is 13.7 Å². The number of rotatable bonds is 5. The van der Waals surface area contributed by atoms with E-state index in [9.17, 15) is 24.5 Å². The summed E-state index contributed by atoms with van der Waals surface area (Å²) in [6.45, 7) is -0.705. The lowest BCUT2D eigenvalue weighted by atomic mass is 10.1. The molecule has 1 aliphatic rings. The molecule has 0 spiro atoms. The summed E-state index contributed by atoms with van der Waals surface area (Å²) in [6.07, 6.45) is -4.39. The smallest absolute Gasteiger partial charge is 0.288 e. The molecule has 2 heterocycles. The van der Waals surface area contributed by atoms with Crippen molar-refractivity contribution in [2.24, 2.45) is 5.73 Å². The first kappa shape index (κ1) is 16.0. The van der Waals surface area contributed by atoms with Crippen LogP contribution in [0.25, 0.3) is 0 Å². The zero-order chi connectivity index (χ0) is 15.8. The molecule has 2 rings (SSSR count). The highest BCUT2D eigenvalue weighted by atomic mass is 31.2. The molecule has 0 bridgehead atoms. The molecule has 13 heteroatoms. The van der Waals surface area contributed by atoms with Gasteiger partial charge in [0, 0.05) is 0 Å². The number of hydrogen-bond acceptors (Lipinski definition) is 9. The number of aliphatic hydroxyl groups is 2. The fraction of sp³-hybridized carbons (Fsp3) is 0.625. The minimum atomic E-state index is -4.98. The summed E-state index contributed by atoms with van der Waals surface area (Å²) in [5.41, 5.74) is 4.97. The molecule has 21 heavy (non-hydrogen) atoms. The highest BCUT2D eigenvalue weighted by Gasteiger charge is 2.44. The Labute approximate surface area is 117 Å². The molecule has 1 aromatic heterocycles. The van der Waals surface area contributed by atoms with E-state index in [-0.39, 0.29) is 5.82 Å². The zero-order valence-electron chi connectivity index (χ0n) is 10.3. The van der Waals surface area contributed by atoms with E-state index in [0.717, 1.165) is 11.0 Å². The standard InChI is InChI=1S/C8H13N4O8P/c9-6(15)7-10-2-12(11-7)8-5(14)4(13)3(20-8)1-19-21(16,17)18/h2-5,8,13-14H,1H2,(H2,9,15)(H2,16,17,18)/p-1/t3-,4-,5-,8+/m1/s1. The van der Waals surface area contributed by atoms with Crippen LogP contribution in [-0.4, -0.2) is 60.7 Å². The largest absolute Gasteiger partial charge is 0.756 e. The molecule has 0 aliphatic carbocycles. The van der Waals surface area contributed by atoms with Gasteiger partial charge in [0.2, 0.25) is 5.82 Å². The molecule has 0 aromatic carbocycles. The Morgan fingerprint density at radius 3 is 2.76 bits per heavy atom. The Morgan fingerprint density at radius 1 is 1.57 bits per heavy atom. The number of phosphoric acid groups is 1. The molecule has 1 aliphatic heterocycles. The topological polar surface area (TPSA) is 193 Å². The van der Waals surface area contributed by atoms with Crippen molar-refractivity contribution in [3.8, 4) is 0 Å². The number of nitrogens with two attached hydrogens (primary N) is 1. The van der Waals surface area contributed by atoms with E-state index in [4.69, 9.17) is 15.4 Å². The Bertz CT molecular complexity index is 572. The van der Waals surface area contributed by atoms with Crippen molar-refractivity contribution in [3.63, 3.8) is 0 Å². The summed E-state index contributed by atoms with van der Waals surface area (Å²) < 4.78 is 20.7. The van der Waals surface area contributed by atoms with Crippen LogP contribution >= 0.6 is 7.82 Å². The first-order valence-electron chi connectivity index (χ1n) is 5.60. The van der Waals surface area contributed by atoms with Crippen molar-refractivity contribution in [3.05, 3.63) is 12.2 Å². The molecule has 1 saturated heterocycles. The van der Waals surface area contributed by atoms with Gasteiger partial charge in [-0.15, -0.1) is 5.10 Å². The SMILES string of the molecule is NC(=O)c1ncn([C@H]2O[C@H](COP(=O)([O-])O)[C@@H](O)[C@H]2O)n1. The molecule has 1 aromatic rings. The number of ether oxygens (including phenoxy) is 1. The van der Waals surface area contributed by atoms with Gasteiger partial charge in [0.15, 0.2) is 6.23 Å². The molecular weight excluding hydrogens is 311 g/mol. The van der Waals surface area contributed by atoms with Gasteiger partial charge < -0.3 is 35.0 Å². The lowest BCUT2D eigenvalue weighted by molar-refractivity contribution is -0.223. The normalized spacial score (nSPS) is 32.0. The number of aromatic nitrogens is 3. The molecule has 5 N–H and O–H groups in total. The van der Waals surface area contributed by atoms with Gasteiger partial charge in [0.25, 0.3) is 13.7 Å². The Hall–Kier alpha value is -1.40. The summed E-state index contributed by atoms with van der Waals surface area (Å²) in [4.78, 5) is 33.4. The second kappa shape index (κ2) is 5.77. The van der Waals surface area contributed by atoms with Crippen molar-refractivity contribution < 1.29 is 38.6 Å². The first-order valence-corrected chi connectivity index (χ1v) is 7.09. The maximum Gasteiger partial charge on any atom is 0.288 e. The average molecular weight is 323 g/mol. The van der Waals surface area contributed by atoms with Crippen molar-refractivity contribution in [1.29, 1.82) is 0 Å². The third kappa shape index (κ3) is 3.63. The lowest BCUT2D eigenvalue weighted by Gasteiger charge is -2.19. The van der Waals surface area contributed by atoms with Gasteiger partial charge in [-0.2, -0.15) is 0 Å². The number of nitrogens with zero attached hydrogens (tertiary/aromatic N) is 3. The summed E-state index contributed by atoms with van der Waals surface area (Å²) in [5.74, 6) is -1.21. The number of carbonyl (C=O) groups is 1. The maximum absolute atomic E-state index is 10.9. The van der Waals surface area contributed by atoms with Gasteiger partial charge >= 0.3 is 0 Å². The number of amides is 1. The van der Waals surface area contributed by atoms with E-state index in [1.165, 1.54) is 0 Å². The molecule has 12 nitrogen and oxygen atoms in total. The van der Waals surface area contributed by atoms with Crippen LogP contribution < -0.4 is 10.6 Å². The van der Waals surface area contributed by atoms with E-state index in [1.807, 2.05) is 0 Å². The van der Waals surface area contributed by atoms with Crippen LogP contribution in [-0.2, 0) is 13.8 Å². The fourth-order valence-corrected chi connectivity index (χ4v) is 2.10. The minimum absolute atomic E-state index is 0.320. The van der Waals surface area contributed by atoms with Crippen LogP contribution in [0.3, 0.4) is 0 Å². The second-order valence-corrected chi connectivity index (χ2v) is 5.42. The summed E-state index contributed by atoms with van der Waals surface area (Å²) in [5, 5.41) is 23.2. The first-order chi connectivity index (χ1) is 9.69. The number of carbonyl (C=O) groups excluding carboxylic acids is 1. The van der Waals surface area contributed by atoms with Gasteiger partial charge in [0.1, 0.15) is 24.6 Å². The van der Waals surface area contributed by atoms with Crippen molar-refractivity contribution in [1.82, 2.24) is 14.8 Å². The molecule has 1 fully saturated rings. The van der Waals surface area contributed by atoms with E-state index >= 15 is 0 Å².